The quantitative estimate of drug-likeness (QED) is 0.273. The van der Waals surface area contributed by atoms with E-state index in [-0.39, 0.29) is 11.5 Å². The van der Waals surface area contributed by atoms with Gasteiger partial charge in [-0.3, -0.25) is 15.0 Å². The highest BCUT2D eigenvalue weighted by molar-refractivity contribution is 9.10. The molecule has 36 heavy (non-hydrogen) atoms. The van der Waals surface area contributed by atoms with Gasteiger partial charge < -0.3 is 10.6 Å². The highest BCUT2D eigenvalue weighted by Crippen LogP contribution is 2.27. The normalized spacial score (nSPS) is 11.9. The molecule has 0 aliphatic heterocycles. The van der Waals surface area contributed by atoms with Crippen molar-refractivity contribution in [1.82, 2.24) is 14.6 Å². The molecule has 7 nitrogen and oxygen atoms in total. The van der Waals surface area contributed by atoms with E-state index in [1.165, 1.54) is 4.68 Å². The van der Waals surface area contributed by atoms with Gasteiger partial charge in [0.1, 0.15) is 0 Å². The van der Waals surface area contributed by atoms with Crippen molar-refractivity contribution in [2.24, 2.45) is 5.73 Å². The molecule has 1 amide bonds. The van der Waals surface area contributed by atoms with Gasteiger partial charge in [0.2, 0.25) is 0 Å². The van der Waals surface area contributed by atoms with Crippen LogP contribution in [0.4, 0.5) is 5.69 Å². The zero-order valence-corrected chi connectivity index (χ0v) is 22.2. The molecule has 0 radical (unpaired) electrons. The molecule has 0 spiro atoms. The SMILES string of the molecule is CCC(c1nc2cc(Cl)ccc2c(=O)n1Nc1ccccc1)N(CCCN)C(=O)c1cccc(Br)c1. The van der Waals surface area contributed by atoms with Crippen LogP contribution in [0.5, 0.6) is 0 Å². The molecule has 0 aliphatic carbocycles. The number of carbonyl (C=O) groups excluding carboxylic acids is 1. The maximum Gasteiger partial charge on any atom is 0.280 e. The van der Waals surface area contributed by atoms with Crippen molar-refractivity contribution in [2.75, 3.05) is 18.5 Å². The third kappa shape index (κ3) is 5.61. The summed E-state index contributed by atoms with van der Waals surface area (Å²) in [5.74, 6) is 0.254. The van der Waals surface area contributed by atoms with Crippen LogP contribution in [0.2, 0.25) is 5.02 Å². The van der Waals surface area contributed by atoms with Gasteiger partial charge in [-0.25, -0.2) is 9.66 Å². The minimum Gasteiger partial charge on any atom is -0.330 e. The van der Waals surface area contributed by atoms with Crippen LogP contribution in [0, 0.1) is 0 Å². The molecule has 9 heteroatoms. The first-order chi connectivity index (χ1) is 17.4. The number of amides is 1. The monoisotopic (exact) mass is 567 g/mol. The second kappa shape index (κ2) is 11.7. The topological polar surface area (TPSA) is 93.2 Å². The van der Waals surface area contributed by atoms with E-state index in [1.807, 2.05) is 49.4 Å². The first kappa shape index (κ1) is 25.9. The van der Waals surface area contributed by atoms with E-state index < -0.39 is 6.04 Å². The minimum absolute atomic E-state index is 0.164. The van der Waals surface area contributed by atoms with E-state index in [9.17, 15) is 9.59 Å². The van der Waals surface area contributed by atoms with Crippen LogP contribution in [0.1, 0.15) is 42.0 Å². The Kier molecular flexibility index (Phi) is 8.40. The summed E-state index contributed by atoms with van der Waals surface area (Å²) in [5, 5.41) is 0.903. The number of nitrogens with two attached hydrogens (primary N) is 1. The summed E-state index contributed by atoms with van der Waals surface area (Å²) < 4.78 is 2.24. The number of hydrogen-bond acceptors (Lipinski definition) is 5. The Morgan fingerprint density at radius 2 is 1.92 bits per heavy atom. The molecule has 186 valence electrons. The molecule has 0 fully saturated rings. The summed E-state index contributed by atoms with van der Waals surface area (Å²) in [4.78, 5) is 34.1. The fourth-order valence-corrected chi connectivity index (χ4v) is 4.71. The van der Waals surface area contributed by atoms with Crippen LogP contribution in [0.25, 0.3) is 10.9 Å². The molecular weight excluding hydrogens is 542 g/mol. The molecule has 0 saturated carbocycles. The molecule has 3 N–H and O–H groups in total. The Morgan fingerprint density at radius 3 is 2.61 bits per heavy atom. The van der Waals surface area contributed by atoms with Gasteiger partial charge in [0.25, 0.3) is 11.5 Å². The number of para-hydroxylation sites is 1. The van der Waals surface area contributed by atoms with Crippen molar-refractivity contribution in [3.05, 3.63) is 104 Å². The number of fused-ring (bicyclic) bond motifs is 1. The Balaban J connectivity index is 1.90. The Hall–Kier alpha value is -3.20. The van der Waals surface area contributed by atoms with Crippen LogP contribution in [0.3, 0.4) is 0 Å². The molecule has 0 saturated heterocycles. The fourth-order valence-electron chi connectivity index (χ4n) is 4.14. The van der Waals surface area contributed by atoms with E-state index in [0.717, 1.165) is 10.2 Å². The second-order valence-corrected chi connectivity index (χ2v) is 9.68. The number of benzene rings is 3. The largest absolute Gasteiger partial charge is 0.330 e. The van der Waals surface area contributed by atoms with Crippen LogP contribution < -0.4 is 16.7 Å². The standard InChI is InChI=1S/C27H27BrClN5O2/c1-2-24(33(15-7-14-30)26(35)18-8-6-9-19(28)16-18)25-31-23-17-20(29)12-13-22(23)27(36)34(25)32-21-10-4-3-5-11-21/h3-6,8-13,16-17,24,32H,2,7,14-15,30H2,1H3. The Bertz CT molecular complexity index is 1430. The summed E-state index contributed by atoms with van der Waals surface area (Å²) in [6.45, 7) is 2.80. The van der Waals surface area contributed by atoms with Gasteiger partial charge in [0.05, 0.1) is 22.6 Å². The van der Waals surface area contributed by atoms with E-state index in [4.69, 9.17) is 22.3 Å². The van der Waals surface area contributed by atoms with E-state index in [2.05, 4.69) is 21.4 Å². The van der Waals surface area contributed by atoms with Crippen LogP contribution in [0.15, 0.2) is 82.1 Å². The van der Waals surface area contributed by atoms with Crippen molar-refractivity contribution in [3.8, 4) is 0 Å². The number of rotatable bonds is 9. The van der Waals surface area contributed by atoms with Gasteiger partial charge in [-0.1, -0.05) is 58.7 Å². The lowest BCUT2D eigenvalue weighted by molar-refractivity contribution is 0.0657. The molecule has 0 bridgehead atoms. The number of carbonyl (C=O) groups is 1. The summed E-state index contributed by atoms with van der Waals surface area (Å²) in [7, 11) is 0. The lowest BCUT2D eigenvalue weighted by Gasteiger charge is -2.32. The average Bonchev–Trinajstić information content (AvgIpc) is 2.88. The Morgan fingerprint density at radius 1 is 1.14 bits per heavy atom. The van der Waals surface area contributed by atoms with Gasteiger partial charge in [0.15, 0.2) is 5.82 Å². The van der Waals surface area contributed by atoms with Crippen LogP contribution in [-0.2, 0) is 0 Å². The van der Waals surface area contributed by atoms with E-state index >= 15 is 0 Å². The molecule has 3 aromatic carbocycles. The minimum atomic E-state index is -0.504. The van der Waals surface area contributed by atoms with Crippen LogP contribution in [-0.4, -0.2) is 33.6 Å². The average molecular weight is 569 g/mol. The first-order valence-electron chi connectivity index (χ1n) is 11.7. The smallest absolute Gasteiger partial charge is 0.280 e. The molecule has 4 rings (SSSR count). The zero-order chi connectivity index (χ0) is 25.7. The van der Waals surface area contributed by atoms with Crippen molar-refractivity contribution in [2.45, 2.75) is 25.8 Å². The van der Waals surface area contributed by atoms with Crippen molar-refractivity contribution in [3.63, 3.8) is 0 Å². The van der Waals surface area contributed by atoms with Crippen LogP contribution >= 0.6 is 27.5 Å². The van der Waals surface area contributed by atoms with E-state index in [1.54, 1.807) is 35.2 Å². The molecule has 1 unspecified atom stereocenters. The predicted octanol–water partition coefficient (Wildman–Crippen LogP) is 5.63. The third-order valence-electron chi connectivity index (χ3n) is 5.87. The van der Waals surface area contributed by atoms with Gasteiger partial charge in [-0.15, -0.1) is 0 Å². The molecule has 0 aliphatic rings. The third-order valence-corrected chi connectivity index (χ3v) is 6.60. The Labute approximate surface area is 223 Å². The molecule has 1 atom stereocenters. The molecule has 1 heterocycles. The molecular formula is C27H27BrClN5O2. The predicted molar refractivity (Wildman–Crippen MR) is 148 cm³/mol. The number of hydrogen-bond donors (Lipinski definition) is 2. The second-order valence-electron chi connectivity index (χ2n) is 8.33. The lowest BCUT2D eigenvalue weighted by Crippen LogP contribution is -2.41. The number of nitrogens with one attached hydrogen (secondary N) is 1. The summed E-state index contributed by atoms with van der Waals surface area (Å²) in [6.07, 6.45) is 1.13. The van der Waals surface area contributed by atoms with E-state index in [0.29, 0.717) is 53.2 Å². The van der Waals surface area contributed by atoms with Gasteiger partial charge in [-0.05, 0) is 67.9 Å². The molecule has 1 aromatic heterocycles. The summed E-state index contributed by atoms with van der Waals surface area (Å²) >= 11 is 9.69. The zero-order valence-electron chi connectivity index (χ0n) is 19.8. The highest BCUT2D eigenvalue weighted by atomic mass is 79.9. The number of halogens is 2. The van der Waals surface area contributed by atoms with Gasteiger partial charge >= 0.3 is 0 Å². The van der Waals surface area contributed by atoms with Gasteiger partial charge in [0, 0.05) is 21.6 Å². The lowest BCUT2D eigenvalue weighted by atomic mass is 10.1. The fraction of sp³-hybridized carbons (Fsp3) is 0.222. The van der Waals surface area contributed by atoms with Crippen molar-refractivity contribution >= 4 is 50.0 Å². The van der Waals surface area contributed by atoms with Crippen molar-refractivity contribution in [1.29, 1.82) is 0 Å². The van der Waals surface area contributed by atoms with Crippen molar-refractivity contribution < 1.29 is 4.79 Å². The summed E-state index contributed by atoms with van der Waals surface area (Å²) in [6, 6.07) is 21.1. The number of anilines is 1. The van der Waals surface area contributed by atoms with Gasteiger partial charge in [-0.2, -0.15) is 0 Å². The molecule has 4 aromatic rings. The maximum absolute atomic E-state index is 13.8. The highest BCUT2D eigenvalue weighted by Gasteiger charge is 2.29. The summed E-state index contributed by atoms with van der Waals surface area (Å²) in [5.41, 5.74) is 10.5. The number of aromatic nitrogens is 2. The first-order valence-corrected chi connectivity index (χ1v) is 12.9. The number of nitrogens with zero attached hydrogens (tertiary/aromatic N) is 3. The maximum atomic E-state index is 13.8.